The molecular weight excluding hydrogens is 390 g/mol. The van der Waals surface area contributed by atoms with E-state index in [1.165, 1.54) is 17.3 Å². The second-order valence-corrected chi connectivity index (χ2v) is 7.64. The largest absolute Gasteiger partial charge is 0.497 e. The number of methoxy groups -OCH3 is 2. The maximum absolute atomic E-state index is 12.8. The van der Waals surface area contributed by atoms with Crippen LogP contribution in [0, 0.1) is 0 Å². The SMILES string of the molecule is COc1cc(OC)cc(-c2nnc(SCC(=O)N3c4ccccc4C[C@H]3C)o2)c1. The lowest BCUT2D eigenvalue weighted by molar-refractivity contribution is -0.116. The van der Waals surface area contributed by atoms with Gasteiger partial charge in [-0.15, -0.1) is 10.2 Å². The van der Waals surface area contributed by atoms with E-state index in [9.17, 15) is 4.79 Å². The van der Waals surface area contributed by atoms with Gasteiger partial charge in [-0.3, -0.25) is 4.79 Å². The number of aromatic nitrogens is 2. The zero-order chi connectivity index (χ0) is 20.4. The van der Waals surface area contributed by atoms with Gasteiger partial charge in [0.05, 0.1) is 20.0 Å². The molecule has 0 saturated carbocycles. The summed E-state index contributed by atoms with van der Waals surface area (Å²) in [6.07, 6.45) is 0.870. The first-order valence-electron chi connectivity index (χ1n) is 9.18. The molecule has 8 heteroatoms. The van der Waals surface area contributed by atoms with Gasteiger partial charge in [0.25, 0.3) is 5.22 Å². The van der Waals surface area contributed by atoms with Gasteiger partial charge in [-0.2, -0.15) is 0 Å². The number of fused-ring (bicyclic) bond motifs is 1. The van der Waals surface area contributed by atoms with Crippen LogP contribution >= 0.6 is 11.8 Å². The molecule has 7 nitrogen and oxygen atoms in total. The van der Waals surface area contributed by atoms with Crippen molar-refractivity contribution in [3.63, 3.8) is 0 Å². The number of amides is 1. The van der Waals surface area contributed by atoms with E-state index in [0.29, 0.717) is 28.2 Å². The van der Waals surface area contributed by atoms with E-state index in [4.69, 9.17) is 13.9 Å². The third-order valence-corrected chi connectivity index (χ3v) is 5.60. The molecule has 0 fully saturated rings. The molecule has 0 unspecified atom stereocenters. The van der Waals surface area contributed by atoms with E-state index in [1.54, 1.807) is 32.4 Å². The van der Waals surface area contributed by atoms with Crippen molar-refractivity contribution in [1.29, 1.82) is 0 Å². The minimum absolute atomic E-state index is 0.0234. The van der Waals surface area contributed by atoms with E-state index < -0.39 is 0 Å². The summed E-state index contributed by atoms with van der Waals surface area (Å²) in [5, 5.41) is 8.49. The third kappa shape index (κ3) is 3.93. The molecule has 3 aromatic rings. The van der Waals surface area contributed by atoms with Crippen LogP contribution in [0.3, 0.4) is 0 Å². The van der Waals surface area contributed by atoms with Crippen LogP contribution in [0.4, 0.5) is 5.69 Å². The molecule has 0 N–H and O–H groups in total. The Kier molecular flexibility index (Phi) is 5.44. The number of hydrogen-bond donors (Lipinski definition) is 0. The van der Waals surface area contributed by atoms with E-state index in [2.05, 4.69) is 23.2 Å². The van der Waals surface area contributed by atoms with E-state index in [-0.39, 0.29) is 17.7 Å². The number of hydrogen-bond acceptors (Lipinski definition) is 7. The molecule has 0 aliphatic carbocycles. The lowest BCUT2D eigenvalue weighted by Gasteiger charge is -2.22. The highest BCUT2D eigenvalue weighted by molar-refractivity contribution is 7.99. The Labute approximate surface area is 173 Å². The lowest BCUT2D eigenvalue weighted by atomic mass is 10.1. The number of carbonyl (C=O) groups excluding carboxylic acids is 1. The Balaban J connectivity index is 1.46. The highest BCUT2D eigenvalue weighted by Gasteiger charge is 2.30. The Morgan fingerprint density at radius 1 is 1.17 bits per heavy atom. The number of anilines is 1. The number of rotatable bonds is 6. The van der Waals surface area contributed by atoms with Crippen LogP contribution in [0.2, 0.25) is 0 Å². The normalized spacial score (nSPS) is 15.3. The molecule has 1 amide bonds. The molecule has 2 aromatic carbocycles. The summed E-state index contributed by atoms with van der Waals surface area (Å²) in [5.41, 5.74) is 2.87. The van der Waals surface area contributed by atoms with Gasteiger partial charge in [-0.25, -0.2) is 0 Å². The number of thioether (sulfide) groups is 1. The molecule has 1 atom stereocenters. The summed E-state index contributed by atoms with van der Waals surface area (Å²) < 4.78 is 16.3. The molecule has 0 radical (unpaired) electrons. The Morgan fingerprint density at radius 3 is 2.62 bits per heavy atom. The zero-order valence-corrected chi connectivity index (χ0v) is 17.2. The number of carbonyl (C=O) groups is 1. The fraction of sp³-hybridized carbons (Fsp3) is 0.286. The summed E-state index contributed by atoms with van der Waals surface area (Å²) >= 11 is 1.23. The summed E-state index contributed by atoms with van der Waals surface area (Å²) in [7, 11) is 3.16. The molecule has 4 rings (SSSR count). The van der Waals surface area contributed by atoms with Crippen molar-refractivity contribution in [1.82, 2.24) is 10.2 Å². The van der Waals surface area contributed by atoms with Crippen LogP contribution < -0.4 is 14.4 Å². The fourth-order valence-electron chi connectivity index (χ4n) is 3.45. The molecule has 29 heavy (non-hydrogen) atoms. The second kappa shape index (κ2) is 8.16. The minimum atomic E-state index is 0.0234. The third-order valence-electron chi connectivity index (χ3n) is 4.80. The molecule has 0 spiro atoms. The molecule has 0 saturated heterocycles. The monoisotopic (exact) mass is 411 g/mol. The Hall–Kier alpha value is -3.00. The van der Waals surface area contributed by atoms with Gasteiger partial charge in [0, 0.05) is 23.4 Å². The van der Waals surface area contributed by atoms with Crippen molar-refractivity contribution in [2.75, 3.05) is 24.9 Å². The van der Waals surface area contributed by atoms with Crippen LogP contribution in [0.1, 0.15) is 12.5 Å². The molecule has 0 bridgehead atoms. The molecule has 2 heterocycles. The maximum Gasteiger partial charge on any atom is 0.277 e. The first-order valence-corrected chi connectivity index (χ1v) is 10.2. The van der Waals surface area contributed by atoms with Gasteiger partial charge in [0.15, 0.2) is 0 Å². The lowest BCUT2D eigenvalue weighted by Crippen LogP contribution is -2.36. The van der Waals surface area contributed by atoms with Crippen molar-refractivity contribution in [3.8, 4) is 23.0 Å². The van der Waals surface area contributed by atoms with Crippen molar-refractivity contribution in [3.05, 3.63) is 48.0 Å². The van der Waals surface area contributed by atoms with Gasteiger partial charge >= 0.3 is 0 Å². The van der Waals surface area contributed by atoms with E-state index in [0.717, 1.165) is 12.1 Å². The van der Waals surface area contributed by atoms with Crippen molar-refractivity contribution < 1.29 is 18.7 Å². The maximum atomic E-state index is 12.8. The average Bonchev–Trinajstić information content (AvgIpc) is 3.35. The number of nitrogens with zero attached hydrogens (tertiary/aromatic N) is 3. The molecule has 1 aliphatic heterocycles. The van der Waals surface area contributed by atoms with Crippen LogP contribution in [-0.4, -0.2) is 42.1 Å². The number of para-hydroxylation sites is 1. The fourth-order valence-corrected chi connectivity index (χ4v) is 4.08. The molecule has 150 valence electrons. The second-order valence-electron chi connectivity index (χ2n) is 6.71. The summed E-state index contributed by atoms with van der Waals surface area (Å²) in [4.78, 5) is 14.7. The van der Waals surface area contributed by atoms with Gasteiger partial charge < -0.3 is 18.8 Å². The van der Waals surface area contributed by atoms with Crippen LogP contribution in [0.5, 0.6) is 11.5 Å². The van der Waals surface area contributed by atoms with Gasteiger partial charge in [0.1, 0.15) is 11.5 Å². The predicted molar refractivity (Wildman–Crippen MR) is 111 cm³/mol. The molecular formula is C21H21N3O4S. The van der Waals surface area contributed by atoms with Crippen molar-refractivity contribution >= 4 is 23.4 Å². The molecule has 1 aliphatic rings. The highest BCUT2D eigenvalue weighted by Crippen LogP contribution is 2.34. The minimum Gasteiger partial charge on any atom is -0.497 e. The first kappa shape index (κ1) is 19.3. The number of benzene rings is 2. The topological polar surface area (TPSA) is 77.7 Å². The number of ether oxygens (including phenoxy) is 2. The van der Waals surface area contributed by atoms with Crippen LogP contribution in [-0.2, 0) is 11.2 Å². The van der Waals surface area contributed by atoms with Crippen LogP contribution in [0.15, 0.2) is 52.1 Å². The summed E-state index contributed by atoms with van der Waals surface area (Å²) in [6, 6.07) is 13.5. The first-order chi connectivity index (χ1) is 14.1. The zero-order valence-electron chi connectivity index (χ0n) is 16.4. The highest BCUT2D eigenvalue weighted by atomic mass is 32.2. The van der Waals surface area contributed by atoms with Crippen LogP contribution in [0.25, 0.3) is 11.5 Å². The Bertz CT molecular complexity index is 1010. The summed E-state index contributed by atoms with van der Waals surface area (Å²) in [5.74, 6) is 1.85. The quantitative estimate of drug-likeness (QED) is 0.571. The van der Waals surface area contributed by atoms with Crippen molar-refractivity contribution in [2.45, 2.75) is 24.6 Å². The average molecular weight is 411 g/mol. The van der Waals surface area contributed by atoms with Gasteiger partial charge in [-0.05, 0) is 37.1 Å². The summed E-state index contributed by atoms with van der Waals surface area (Å²) in [6.45, 7) is 2.06. The van der Waals surface area contributed by atoms with Gasteiger partial charge in [0.2, 0.25) is 11.8 Å². The predicted octanol–water partition coefficient (Wildman–Crippen LogP) is 3.82. The molecule has 1 aromatic heterocycles. The van der Waals surface area contributed by atoms with E-state index >= 15 is 0 Å². The van der Waals surface area contributed by atoms with Crippen molar-refractivity contribution in [2.24, 2.45) is 0 Å². The van der Waals surface area contributed by atoms with E-state index in [1.807, 2.05) is 23.1 Å². The standard InChI is InChI=1S/C21H21N3O4S/c1-13-8-14-6-4-5-7-18(14)24(13)19(25)12-29-21-23-22-20(28-21)15-9-16(26-2)11-17(10-15)27-3/h4-7,9-11,13H,8,12H2,1-3H3/t13-/m1/s1. The smallest absolute Gasteiger partial charge is 0.277 e. The van der Waals surface area contributed by atoms with Gasteiger partial charge in [-0.1, -0.05) is 30.0 Å². The Morgan fingerprint density at radius 2 is 1.90 bits per heavy atom.